The number of benzene rings is 2. The first-order valence-electron chi connectivity index (χ1n) is 12.6. The molecule has 2 aromatic rings. The third kappa shape index (κ3) is 9.21. The van der Waals surface area contributed by atoms with Gasteiger partial charge >= 0.3 is 6.09 Å². The molecule has 3 amide bonds. The van der Waals surface area contributed by atoms with E-state index in [1.807, 2.05) is 76.2 Å². The Bertz CT molecular complexity index is 1060. The van der Waals surface area contributed by atoms with Crippen LogP contribution < -0.4 is 10.6 Å². The molecule has 0 saturated carbocycles. The van der Waals surface area contributed by atoms with Crippen LogP contribution in [0, 0.1) is 13.8 Å². The third-order valence-electron chi connectivity index (χ3n) is 5.73. The van der Waals surface area contributed by atoms with E-state index in [-0.39, 0.29) is 31.5 Å². The maximum Gasteiger partial charge on any atom is 0.408 e. The van der Waals surface area contributed by atoms with Crippen LogP contribution in [0.15, 0.2) is 48.5 Å². The van der Waals surface area contributed by atoms with Gasteiger partial charge in [-0.3, -0.25) is 9.59 Å². The molecule has 37 heavy (non-hydrogen) atoms. The summed E-state index contributed by atoms with van der Waals surface area (Å²) < 4.78 is 5.42. The lowest BCUT2D eigenvalue weighted by molar-refractivity contribution is -0.143. The summed E-state index contributed by atoms with van der Waals surface area (Å²) in [6.07, 6.45) is -0.549. The van der Waals surface area contributed by atoms with Crippen LogP contribution in [0.3, 0.4) is 0 Å². The molecule has 0 aliphatic carbocycles. The lowest BCUT2D eigenvalue weighted by Gasteiger charge is -2.34. The maximum atomic E-state index is 14.1. The summed E-state index contributed by atoms with van der Waals surface area (Å²) in [6, 6.07) is 12.7. The van der Waals surface area contributed by atoms with Crippen molar-refractivity contribution in [2.45, 2.75) is 78.6 Å². The first-order chi connectivity index (χ1) is 17.3. The van der Waals surface area contributed by atoms with Crippen molar-refractivity contribution in [3.05, 3.63) is 70.8 Å². The Labute approximate surface area is 220 Å². The Balaban J connectivity index is 2.53. The Morgan fingerprint density at radius 2 is 1.62 bits per heavy atom. The van der Waals surface area contributed by atoms with Crippen LogP contribution in [-0.2, 0) is 20.7 Å². The monoisotopic (exact) mass is 511 g/mol. The number of nitrogens with zero attached hydrogens (tertiary/aromatic N) is 1. The van der Waals surface area contributed by atoms with E-state index in [0.717, 1.165) is 16.7 Å². The highest BCUT2D eigenvalue weighted by Crippen LogP contribution is 2.25. The van der Waals surface area contributed by atoms with Crippen molar-refractivity contribution in [1.82, 2.24) is 15.5 Å². The Morgan fingerprint density at radius 1 is 0.973 bits per heavy atom. The number of hydrogen-bond acceptors (Lipinski definition) is 5. The fraction of sp³-hybridized carbons (Fsp3) is 0.483. The largest absolute Gasteiger partial charge is 0.444 e. The summed E-state index contributed by atoms with van der Waals surface area (Å²) in [5, 5.41) is 15.5. The van der Waals surface area contributed by atoms with Gasteiger partial charge in [0.1, 0.15) is 17.7 Å². The van der Waals surface area contributed by atoms with Crippen LogP contribution in [0.2, 0.25) is 0 Å². The lowest BCUT2D eigenvalue weighted by Crippen LogP contribution is -2.54. The molecule has 202 valence electrons. The Kier molecular flexibility index (Phi) is 10.7. The topological polar surface area (TPSA) is 108 Å². The number of carbonyl (C=O) groups excluding carboxylic acids is 3. The summed E-state index contributed by atoms with van der Waals surface area (Å²) in [4.78, 5) is 41.6. The van der Waals surface area contributed by atoms with Crippen LogP contribution in [0.25, 0.3) is 0 Å². The number of aliphatic hydroxyl groups excluding tert-OH is 1. The first-order valence-corrected chi connectivity index (χ1v) is 12.6. The maximum absolute atomic E-state index is 14.1. The number of alkyl carbamates (subject to hydrolysis) is 1. The standard InChI is InChI=1S/C29H41N3O5/c1-19(2)30-26(34)25(23-14-13-20(3)21(4)17-23)32(15-16-33)27(35)24(18-22-11-9-8-10-12-22)31-28(36)37-29(5,6)7/h8-14,17,19,24-25,33H,15-16,18H2,1-7H3,(H,30,34)(H,31,36). The molecule has 8 heteroatoms. The first kappa shape index (κ1) is 29.8. The van der Waals surface area contributed by atoms with Gasteiger partial charge in [0.25, 0.3) is 0 Å². The van der Waals surface area contributed by atoms with Gasteiger partial charge in [-0.25, -0.2) is 4.79 Å². The summed E-state index contributed by atoms with van der Waals surface area (Å²) >= 11 is 0. The highest BCUT2D eigenvalue weighted by Gasteiger charge is 2.36. The molecule has 0 saturated heterocycles. The minimum atomic E-state index is -1.02. The van der Waals surface area contributed by atoms with Gasteiger partial charge in [0.2, 0.25) is 11.8 Å². The number of ether oxygens (including phenoxy) is 1. The minimum Gasteiger partial charge on any atom is -0.444 e. The van der Waals surface area contributed by atoms with E-state index in [0.29, 0.717) is 5.56 Å². The molecule has 0 fully saturated rings. The SMILES string of the molecule is Cc1ccc(C(C(=O)NC(C)C)N(CCO)C(=O)C(Cc2ccccc2)NC(=O)OC(C)(C)C)cc1C. The fourth-order valence-corrected chi connectivity index (χ4v) is 3.95. The molecular formula is C29H41N3O5. The molecule has 0 spiro atoms. The predicted molar refractivity (Wildman–Crippen MR) is 144 cm³/mol. The zero-order chi connectivity index (χ0) is 27.8. The van der Waals surface area contributed by atoms with Gasteiger partial charge in [0, 0.05) is 19.0 Å². The lowest BCUT2D eigenvalue weighted by atomic mass is 9.97. The molecule has 2 aromatic carbocycles. The summed E-state index contributed by atoms with van der Waals surface area (Å²) in [5.41, 5.74) is 2.73. The molecular weight excluding hydrogens is 470 g/mol. The molecule has 3 N–H and O–H groups in total. The predicted octanol–water partition coefficient (Wildman–Crippen LogP) is 3.83. The number of aliphatic hydroxyl groups is 1. The van der Waals surface area contributed by atoms with Gasteiger partial charge in [-0.2, -0.15) is 0 Å². The minimum absolute atomic E-state index is 0.0940. The van der Waals surface area contributed by atoms with E-state index >= 15 is 0 Å². The molecule has 0 aliphatic rings. The highest BCUT2D eigenvalue weighted by molar-refractivity contribution is 5.92. The third-order valence-corrected chi connectivity index (χ3v) is 5.73. The molecule has 2 atom stereocenters. The fourth-order valence-electron chi connectivity index (χ4n) is 3.95. The number of rotatable bonds is 10. The molecule has 0 heterocycles. The van der Waals surface area contributed by atoms with Crippen molar-refractivity contribution in [3.8, 4) is 0 Å². The highest BCUT2D eigenvalue weighted by atomic mass is 16.6. The second-order valence-corrected chi connectivity index (χ2v) is 10.6. The zero-order valence-corrected chi connectivity index (χ0v) is 23.0. The van der Waals surface area contributed by atoms with Gasteiger partial charge in [-0.15, -0.1) is 0 Å². The van der Waals surface area contributed by atoms with Gasteiger partial charge < -0.3 is 25.4 Å². The average Bonchev–Trinajstić information content (AvgIpc) is 2.79. The molecule has 0 radical (unpaired) electrons. The number of nitrogens with one attached hydrogen (secondary N) is 2. The van der Waals surface area contributed by atoms with Crippen LogP contribution in [0.4, 0.5) is 4.79 Å². The number of carbonyl (C=O) groups is 3. The van der Waals surface area contributed by atoms with Gasteiger partial charge in [-0.1, -0.05) is 48.5 Å². The van der Waals surface area contributed by atoms with E-state index in [1.54, 1.807) is 20.8 Å². The molecule has 0 aromatic heterocycles. The van der Waals surface area contributed by atoms with E-state index in [2.05, 4.69) is 10.6 Å². The van der Waals surface area contributed by atoms with Gasteiger partial charge in [0.15, 0.2) is 0 Å². The van der Waals surface area contributed by atoms with Gasteiger partial charge in [-0.05, 0) is 70.7 Å². The van der Waals surface area contributed by atoms with Crippen LogP contribution in [-0.4, -0.2) is 58.8 Å². The normalized spacial score (nSPS) is 13.0. The quantitative estimate of drug-likeness (QED) is 0.449. The summed E-state index contributed by atoms with van der Waals surface area (Å²) in [5.74, 6) is -0.860. The number of amides is 3. The summed E-state index contributed by atoms with van der Waals surface area (Å²) in [6.45, 7) is 12.4. The molecule has 0 bridgehead atoms. The smallest absolute Gasteiger partial charge is 0.408 e. The number of hydrogen-bond donors (Lipinski definition) is 3. The molecule has 2 rings (SSSR count). The van der Waals surface area contributed by atoms with Crippen molar-refractivity contribution < 1.29 is 24.2 Å². The van der Waals surface area contributed by atoms with Crippen molar-refractivity contribution in [2.24, 2.45) is 0 Å². The van der Waals surface area contributed by atoms with Crippen molar-refractivity contribution in [2.75, 3.05) is 13.2 Å². The summed E-state index contributed by atoms with van der Waals surface area (Å²) in [7, 11) is 0. The Hall–Kier alpha value is -3.39. The van der Waals surface area contributed by atoms with Crippen LogP contribution >= 0.6 is 0 Å². The van der Waals surface area contributed by atoms with Crippen LogP contribution in [0.1, 0.15) is 62.9 Å². The van der Waals surface area contributed by atoms with Crippen molar-refractivity contribution in [1.29, 1.82) is 0 Å². The van der Waals surface area contributed by atoms with E-state index in [9.17, 15) is 19.5 Å². The van der Waals surface area contributed by atoms with E-state index in [1.165, 1.54) is 4.90 Å². The van der Waals surface area contributed by atoms with E-state index < -0.39 is 29.7 Å². The van der Waals surface area contributed by atoms with Gasteiger partial charge in [0.05, 0.1) is 6.61 Å². The van der Waals surface area contributed by atoms with Crippen LogP contribution in [0.5, 0.6) is 0 Å². The molecule has 2 unspecified atom stereocenters. The van der Waals surface area contributed by atoms with Crippen molar-refractivity contribution in [3.63, 3.8) is 0 Å². The zero-order valence-electron chi connectivity index (χ0n) is 23.0. The van der Waals surface area contributed by atoms with Crippen molar-refractivity contribution >= 4 is 17.9 Å². The Morgan fingerprint density at radius 3 is 2.16 bits per heavy atom. The second-order valence-electron chi connectivity index (χ2n) is 10.6. The average molecular weight is 512 g/mol. The number of aryl methyl sites for hydroxylation is 2. The van der Waals surface area contributed by atoms with E-state index in [4.69, 9.17) is 4.74 Å². The molecule has 8 nitrogen and oxygen atoms in total. The second kappa shape index (κ2) is 13.2. The molecule has 0 aliphatic heterocycles.